The lowest BCUT2D eigenvalue weighted by Crippen LogP contribution is -2.53. The molecule has 106 valence electrons. The van der Waals surface area contributed by atoms with Crippen LogP contribution >= 0.6 is 11.6 Å². The second kappa shape index (κ2) is 5.50. The van der Waals surface area contributed by atoms with Crippen LogP contribution in [0.25, 0.3) is 0 Å². The second-order valence-electron chi connectivity index (χ2n) is 4.44. The van der Waals surface area contributed by atoms with Gasteiger partial charge in [0, 0.05) is 26.2 Å². The van der Waals surface area contributed by atoms with Crippen LogP contribution in [0.5, 0.6) is 0 Å². The Morgan fingerprint density at radius 1 is 1.21 bits per heavy atom. The van der Waals surface area contributed by atoms with Crippen molar-refractivity contribution in [2.24, 2.45) is 0 Å². The highest BCUT2D eigenvalue weighted by Gasteiger charge is 2.40. The van der Waals surface area contributed by atoms with Crippen molar-refractivity contribution in [2.45, 2.75) is 19.1 Å². The minimum atomic E-state index is -4.18. The predicted octanol–water partition coefficient (Wildman–Crippen LogP) is 2.20. The normalized spacial score (nSPS) is 19.5. The molecule has 0 saturated carbocycles. The third-order valence-electron chi connectivity index (χ3n) is 3.25. The number of nitrogens with zero attached hydrogens (tertiary/aromatic N) is 4. The molecular formula is C11H14ClF3N4. The summed E-state index contributed by atoms with van der Waals surface area (Å²) in [6, 6.07) is -1.42. The van der Waals surface area contributed by atoms with Crippen molar-refractivity contribution in [3.8, 4) is 0 Å². The van der Waals surface area contributed by atoms with Crippen molar-refractivity contribution in [1.29, 1.82) is 0 Å². The van der Waals surface area contributed by atoms with Crippen molar-refractivity contribution in [2.75, 3.05) is 31.1 Å². The zero-order chi connectivity index (χ0) is 14.0. The van der Waals surface area contributed by atoms with Crippen molar-refractivity contribution >= 4 is 17.4 Å². The first-order valence-electron chi connectivity index (χ1n) is 5.91. The number of aromatic nitrogens is 2. The number of hydrogen-bond donors (Lipinski definition) is 0. The summed E-state index contributed by atoms with van der Waals surface area (Å²) in [4.78, 5) is 11.3. The Kier molecular flexibility index (Phi) is 4.15. The topological polar surface area (TPSA) is 32.3 Å². The Bertz CT molecular complexity index is 432. The van der Waals surface area contributed by atoms with Crippen molar-refractivity contribution in [3.63, 3.8) is 0 Å². The summed E-state index contributed by atoms with van der Waals surface area (Å²) in [5.41, 5.74) is 0. The SMILES string of the molecule is C[C@@H](N1CCN(c2cncc(Cl)n2)CC1)C(F)(F)F. The standard InChI is InChI=1S/C11H14ClF3N4/c1-8(11(13,14)15)18-2-4-19(5-3-18)10-7-16-6-9(12)17-10/h6-8H,2-5H2,1H3/t8-/m1/s1. The first-order valence-corrected chi connectivity index (χ1v) is 6.29. The summed E-state index contributed by atoms with van der Waals surface area (Å²) in [5.74, 6) is 0.604. The fourth-order valence-corrected chi connectivity index (χ4v) is 2.17. The number of rotatable bonds is 2. The zero-order valence-corrected chi connectivity index (χ0v) is 11.1. The molecule has 19 heavy (non-hydrogen) atoms. The molecule has 1 saturated heterocycles. The molecule has 0 unspecified atom stereocenters. The van der Waals surface area contributed by atoms with Gasteiger partial charge in [-0.15, -0.1) is 0 Å². The molecule has 8 heteroatoms. The monoisotopic (exact) mass is 294 g/mol. The van der Waals surface area contributed by atoms with Crippen LogP contribution < -0.4 is 4.90 Å². The largest absolute Gasteiger partial charge is 0.403 e. The van der Waals surface area contributed by atoms with E-state index in [1.165, 1.54) is 18.0 Å². The first kappa shape index (κ1) is 14.3. The number of piperazine rings is 1. The Balaban J connectivity index is 1.96. The highest BCUT2D eigenvalue weighted by Crippen LogP contribution is 2.26. The van der Waals surface area contributed by atoms with Gasteiger partial charge in [0.1, 0.15) is 17.0 Å². The Labute approximate surface area is 114 Å². The molecule has 1 aliphatic heterocycles. The minimum absolute atomic E-state index is 0.281. The summed E-state index contributed by atoms with van der Waals surface area (Å²) in [5, 5.41) is 0.281. The number of hydrogen-bond acceptors (Lipinski definition) is 4. The number of alkyl halides is 3. The summed E-state index contributed by atoms with van der Waals surface area (Å²) in [6.07, 6.45) is -1.19. The summed E-state index contributed by atoms with van der Waals surface area (Å²) in [7, 11) is 0. The highest BCUT2D eigenvalue weighted by atomic mass is 35.5. The molecule has 4 nitrogen and oxygen atoms in total. The van der Waals surface area contributed by atoms with E-state index in [1.54, 1.807) is 6.20 Å². The van der Waals surface area contributed by atoms with E-state index in [0.717, 1.165) is 0 Å². The van der Waals surface area contributed by atoms with Gasteiger partial charge in [-0.2, -0.15) is 13.2 Å². The van der Waals surface area contributed by atoms with Crippen molar-refractivity contribution in [1.82, 2.24) is 14.9 Å². The molecule has 0 amide bonds. The number of anilines is 1. The Hall–Kier alpha value is -1.08. The Morgan fingerprint density at radius 3 is 2.37 bits per heavy atom. The van der Waals surface area contributed by atoms with E-state index < -0.39 is 12.2 Å². The summed E-state index contributed by atoms with van der Waals surface area (Å²) in [6.45, 7) is 2.84. The van der Waals surface area contributed by atoms with Gasteiger partial charge in [-0.05, 0) is 6.92 Å². The van der Waals surface area contributed by atoms with Crippen LogP contribution in [0.1, 0.15) is 6.92 Å². The molecule has 1 aliphatic rings. The van der Waals surface area contributed by atoms with Crippen LogP contribution in [0.2, 0.25) is 5.15 Å². The number of halogens is 4. The maximum Gasteiger partial charge on any atom is 0.403 e. The van der Waals surface area contributed by atoms with Gasteiger partial charge in [-0.1, -0.05) is 11.6 Å². The van der Waals surface area contributed by atoms with E-state index in [1.807, 2.05) is 4.90 Å². The van der Waals surface area contributed by atoms with E-state index in [-0.39, 0.29) is 5.15 Å². The van der Waals surface area contributed by atoms with Crippen LogP contribution in [-0.4, -0.2) is 53.3 Å². The van der Waals surface area contributed by atoms with E-state index in [2.05, 4.69) is 9.97 Å². The molecule has 0 aromatic carbocycles. The van der Waals surface area contributed by atoms with Crippen LogP contribution in [0, 0.1) is 0 Å². The van der Waals surface area contributed by atoms with Gasteiger partial charge >= 0.3 is 6.18 Å². The third-order valence-corrected chi connectivity index (χ3v) is 3.43. The van der Waals surface area contributed by atoms with Crippen LogP contribution in [-0.2, 0) is 0 Å². The van der Waals surface area contributed by atoms with Crippen molar-refractivity contribution < 1.29 is 13.2 Å². The lowest BCUT2D eigenvalue weighted by molar-refractivity contribution is -0.179. The maximum absolute atomic E-state index is 12.6. The smallest absolute Gasteiger partial charge is 0.353 e. The third kappa shape index (κ3) is 3.48. The minimum Gasteiger partial charge on any atom is -0.353 e. The fourth-order valence-electron chi connectivity index (χ4n) is 2.03. The van der Waals surface area contributed by atoms with Gasteiger partial charge in [0.15, 0.2) is 0 Å². The maximum atomic E-state index is 12.6. The molecule has 1 fully saturated rings. The van der Waals surface area contributed by atoms with Gasteiger partial charge in [0.25, 0.3) is 0 Å². The highest BCUT2D eigenvalue weighted by molar-refractivity contribution is 6.29. The van der Waals surface area contributed by atoms with E-state index in [9.17, 15) is 13.2 Å². The summed E-state index contributed by atoms with van der Waals surface area (Å²) >= 11 is 5.74. The predicted molar refractivity (Wildman–Crippen MR) is 66.3 cm³/mol. The second-order valence-corrected chi connectivity index (χ2v) is 4.83. The molecule has 0 bridgehead atoms. The van der Waals surface area contributed by atoms with E-state index >= 15 is 0 Å². The molecule has 0 N–H and O–H groups in total. The molecule has 1 aromatic heterocycles. The molecule has 2 rings (SSSR count). The fraction of sp³-hybridized carbons (Fsp3) is 0.636. The van der Waals surface area contributed by atoms with Crippen LogP contribution in [0.3, 0.4) is 0 Å². The van der Waals surface area contributed by atoms with Gasteiger partial charge < -0.3 is 4.90 Å². The first-order chi connectivity index (χ1) is 8.88. The average molecular weight is 295 g/mol. The van der Waals surface area contributed by atoms with Crippen LogP contribution in [0.4, 0.5) is 19.0 Å². The molecule has 2 heterocycles. The molecule has 1 atom stereocenters. The van der Waals surface area contributed by atoms with Crippen molar-refractivity contribution in [3.05, 3.63) is 17.5 Å². The molecule has 0 radical (unpaired) electrons. The van der Waals surface area contributed by atoms with Gasteiger partial charge in [0.2, 0.25) is 0 Å². The quantitative estimate of drug-likeness (QED) is 0.837. The zero-order valence-electron chi connectivity index (χ0n) is 10.4. The molecule has 1 aromatic rings. The van der Waals surface area contributed by atoms with Gasteiger partial charge in [-0.25, -0.2) is 4.98 Å². The average Bonchev–Trinajstić information content (AvgIpc) is 2.37. The van der Waals surface area contributed by atoms with E-state index in [0.29, 0.717) is 32.0 Å². The molecule has 0 spiro atoms. The van der Waals surface area contributed by atoms with Gasteiger partial charge in [-0.3, -0.25) is 9.88 Å². The van der Waals surface area contributed by atoms with Crippen LogP contribution in [0.15, 0.2) is 12.4 Å². The van der Waals surface area contributed by atoms with E-state index in [4.69, 9.17) is 11.6 Å². The molecule has 0 aliphatic carbocycles. The van der Waals surface area contributed by atoms with Gasteiger partial charge in [0.05, 0.1) is 12.4 Å². The Morgan fingerprint density at radius 2 is 1.84 bits per heavy atom. The lowest BCUT2D eigenvalue weighted by Gasteiger charge is -2.38. The lowest BCUT2D eigenvalue weighted by atomic mass is 10.2. The molecular weight excluding hydrogens is 281 g/mol. The summed E-state index contributed by atoms with van der Waals surface area (Å²) < 4.78 is 37.8.